The van der Waals surface area contributed by atoms with E-state index in [0.717, 1.165) is 19.0 Å². The number of carbonyl (C=O) groups excluding carboxylic acids is 1. The van der Waals surface area contributed by atoms with Gasteiger partial charge in [0.25, 0.3) is 5.91 Å². The van der Waals surface area contributed by atoms with Gasteiger partial charge >= 0.3 is 0 Å². The van der Waals surface area contributed by atoms with Crippen LogP contribution in [-0.4, -0.2) is 63.1 Å². The van der Waals surface area contributed by atoms with Gasteiger partial charge in [0, 0.05) is 33.2 Å². The first-order chi connectivity index (χ1) is 12.2. The number of aliphatic imine (C=N–C) groups is 1. The number of rotatable bonds is 7. The summed E-state index contributed by atoms with van der Waals surface area (Å²) in [7, 11) is 1.75. The van der Waals surface area contributed by atoms with Gasteiger partial charge in [-0.2, -0.15) is 0 Å². The summed E-state index contributed by atoms with van der Waals surface area (Å²) in [5, 5.41) is 9.82. The van der Waals surface area contributed by atoms with Gasteiger partial charge in [0.15, 0.2) is 5.96 Å². The van der Waals surface area contributed by atoms with E-state index >= 15 is 0 Å². The van der Waals surface area contributed by atoms with E-state index < -0.39 is 0 Å². The van der Waals surface area contributed by atoms with Crippen LogP contribution >= 0.6 is 35.6 Å². The Kier molecular flexibility index (Phi) is 11.6. The van der Waals surface area contributed by atoms with Crippen molar-refractivity contribution in [1.82, 2.24) is 20.9 Å². The number of benzene rings is 1. The van der Waals surface area contributed by atoms with Crippen LogP contribution in [-0.2, 0) is 0 Å². The molecule has 26 heavy (non-hydrogen) atoms. The van der Waals surface area contributed by atoms with Crippen LogP contribution in [0.25, 0.3) is 0 Å². The Morgan fingerprint density at radius 3 is 2.42 bits per heavy atom. The maximum Gasteiger partial charge on any atom is 0.252 e. The topological polar surface area (TPSA) is 68.8 Å². The fourth-order valence-corrected chi connectivity index (χ4v) is 3.06. The van der Waals surface area contributed by atoms with Crippen molar-refractivity contribution in [3.63, 3.8) is 0 Å². The summed E-state index contributed by atoms with van der Waals surface area (Å²) in [4.78, 5) is 18.7. The zero-order valence-electron chi connectivity index (χ0n) is 15.3. The molecule has 0 saturated carbocycles. The van der Waals surface area contributed by atoms with Crippen molar-refractivity contribution >= 4 is 47.4 Å². The molecule has 0 unspecified atom stereocenters. The number of nitrogens with one attached hydrogen (secondary N) is 3. The second-order valence-electron chi connectivity index (χ2n) is 6.06. The molecule has 1 heterocycles. The molecule has 1 aromatic carbocycles. The first-order valence-electron chi connectivity index (χ1n) is 8.90. The number of carbonyl (C=O) groups is 1. The van der Waals surface area contributed by atoms with E-state index in [-0.39, 0.29) is 29.9 Å². The summed E-state index contributed by atoms with van der Waals surface area (Å²) in [5.74, 6) is 0.587. The third-order valence-corrected chi connectivity index (χ3v) is 4.54. The molecular formula is C18H29ClIN5O. The first-order valence-corrected chi connectivity index (χ1v) is 9.28. The maximum atomic E-state index is 12.1. The predicted molar refractivity (Wildman–Crippen MR) is 119 cm³/mol. The van der Waals surface area contributed by atoms with Crippen molar-refractivity contribution in [2.24, 2.45) is 4.99 Å². The molecule has 0 atom stereocenters. The van der Waals surface area contributed by atoms with Gasteiger partial charge in [-0.1, -0.05) is 30.2 Å². The Hall–Kier alpha value is -1.06. The van der Waals surface area contributed by atoms with Gasteiger partial charge in [0.2, 0.25) is 0 Å². The summed E-state index contributed by atoms with van der Waals surface area (Å²) in [6, 6.07) is 7.03. The molecule has 1 aliphatic heterocycles. The lowest BCUT2D eigenvalue weighted by Gasteiger charge is -2.26. The zero-order valence-corrected chi connectivity index (χ0v) is 18.3. The summed E-state index contributed by atoms with van der Waals surface area (Å²) >= 11 is 6.02. The molecule has 1 aliphatic rings. The van der Waals surface area contributed by atoms with Crippen LogP contribution in [0.4, 0.5) is 0 Å². The quantitative estimate of drug-likeness (QED) is 0.236. The number of nitrogens with zero attached hydrogens (tertiary/aromatic N) is 2. The van der Waals surface area contributed by atoms with Crippen molar-refractivity contribution in [2.45, 2.75) is 19.3 Å². The standard InChI is InChI=1S/C18H28ClN5O.HI/c1-20-18(23-11-14-24-12-5-2-6-13-24)22-10-9-21-17(25)15-7-3-4-8-16(15)19;/h3-4,7-8H,2,5-6,9-14H2,1H3,(H,21,25)(H2,20,22,23);1H. The average Bonchev–Trinajstić information content (AvgIpc) is 2.64. The number of piperidine rings is 1. The zero-order chi connectivity index (χ0) is 17.9. The predicted octanol–water partition coefficient (Wildman–Crippen LogP) is 2.34. The number of hydrogen-bond donors (Lipinski definition) is 3. The lowest BCUT2D eigenvalue weighted by molar-refractivity contribution is 0.0954. The minimum atomic E-state index is -0.166. The van der Waals surface area contributed by atoms with Crippen LogP contribution in [0.3, 0.4) is 0 Å². The van der Waals surface area contributed by atoms with E-state index in [1.807, 2.05) is 0 Å². The molecule has 1 aromatic rings. The van der Waals surface area contributed by atoms with Crippen molar-refractivity contribution in [3.05, 3.63) is 34.9 Å². The smallest absolute Gasteiger partial charge is 0.252 e. The molecule has 1 saturated heterocycles. The molecule has 146 valence electrons. The molecule has 1 amide bonds. The molecule has 0 radical (unpaired) electrons. The highest BCUT2D eigenvalue weighted by atomic mass is 127. The van der Waals surface area contributed by atoms with Gasteiger partial charge in [-0.15, -0.1) is 24.0 Å². The fourth-order valence-electron chi connectivity index (χ4n) is 2.83. The van der Waals surface area contributed by atoms with Crippen LogP contribution in [0.2, 0.25) is 5.02 Å². The summed E-state index contributed by atoms with van der Waals surface area (Å²) in [6.07, 6.45) is 3.96. The molecular weight excluding hydrogens is 465 g/mol. The van der Waals surface area contributed by atoms with Gasteiger partial charge in [-0.05, 0) is 38.1 Å². The van der Waals surface area contributed by atoms with Crippen LogP contribution in [0.1, 0.15) is 29.6 Å². The van der Waals surface area contributed by atoms with Gasteiger partial charge < -0.3 is 20.9 Å². The highest BCUT2D eigenvalue weighted by Gasteiger charge is 2.10. The van der Waals surface area contributed by atoms with Crippen molar-refractivity contribution < 1.29 is 4.79 Å². The Labute approximate surface area is 178 Å². The molecule has 6 nitrogen and oxygen atoms in total. The van der Waals surface area contributed by atoms with Gasteiger partial charge in [-0.25, -0.2) is 0 Å². The second-order valence-corrected chi connectivity index (χ2v) is 6.47. The molecule has 0 aromatic heterocycles. The summed E-state index contributed by atoms with van der Waals surface area (Å²) in [6.45, 7) is 5.38. The van der Waals surface area contributed by atoms with Crippen molar-refractivity contribution in [3.8, 4) is 0 Å². The van der Waals surface area contributed by atoms with E-state index in [4.69, 9.17) is 11.6 Å². The highest BCUT2D eigenvalue weighted by molar-refractivity contribution is 14.0. The lowest BCUT2D eigenvalue weighted by Crippen LogP contribution is -2.44. The molecule has 0 bridgehead atoms. The number of guanidine groups is 1. The first kappa shape index (κ1) is 23.0. The lowest BCUT2D eigenvalue weighted by atomic mass is 10.1. The SMILES string of the molecule is CN=C(NCCNC(=O)c1ccccc1Cl)NCCN1CCCCC1.I. The number of halogens is 2. The van der Waals surface area contributed by atoms with Crippen LogP contribution in [0.15, 0.2) is 29.3 Å². The number of likely N-dealkylation sites (tertiary alicyclic amines) is 1. The normalized spacial score (nSPS) is 15.1. The van der Waals surface area contributed by atoms with Crippen molar-refractivity contribution in [2.75, 3.05) is 46.3 Å². The summed E-state index contributed by atoms with van der Waals surface area (Å²) in [5.41, 5.74) is 0.494. The van der Waals surface area contributed by atoms with Crippen LogP contribution < -0.4 is 16.0 Å². The minimum absolute atomic E-state index is 0. The largest absolute Gasteiger partial charge is 0.355 e. The monoisotopic (exact) mass is 493 g/mol. The van der Waals surface area contributed by atoms with Gasteiger partial charge in [0.1, 0.15) is 0 Å². The molecule has 8 heteroatoms. The fraction of sp³-hybridized carbons (Fsp3) is 0.556. The van der Waals surface area contributed by atoms with E-state index in [9.17, 15) is 4.79 Å². The third-order valence-electron chi connectivity index (χ3n) is 4.21. The third kappa shape index (κ3) is 8.09. The number of amides is 1. The molecule has 0 aliphatic carbocycles. The van der Waals surface area contributed by atoms with E-state index in [2.05, 4.69) is 25.8 Å². The van der Waals surface area contributed by atoms with Gasteiger partial charge in [0.05, 0.1) is 10.6 Å². The van der Waals surface area contributed by atoms with E-state index in [1.54, 1.807) is 31.3 Å². The van der Waals surface area contributed by atoms with Gasteiger partial charge in [-0.3, -0.25) is 9.79 Å². The Morgan fingerprint density at radius 2 is 1.73 bits per heavy atom. The Balaban J connectivity index is 0.00000338. The average molecular weight is 494 g/mol. The van der Waals surface area contributed by atoms with E-state index in [0.29, 0.717) is 23.7 Å². The Morgan fingerprint density at radius 1 is 1.08 bits per heavy atom. The molecule has 1 fully saturated rings. The van der Waals surface area contributed by atoms with E-state index in [1.165, 1.54) is 32.4 Å². The molecule has 2 rings (SSSR count). The summed E-state index contributed by atoms with van der Waals surface area (Å²) < 4.78 is 0. The highest BCUT2D eigenvalue weighted by Crippen LogP contribution is 2.14. The number of hydrogen-bond acceptors (Lipinski definition) is 3. The molecule has 3 N–H and O–H groups in total. The molecule has 0 spiro atoms. The van der Waals surface area contributed by atoms with Crippen molar-refractivity contribution in [1.29, 1.82) is 0 Å². The minimum Gasteiger partial charge on any atom is -0.355 e. The van der Waals surface area contributed by atoms with Crippen LogP contribution in [0, 0.1) is 0 Å². The van der Waals surface area contributed by atoms with Crippen LogP contribution in [0.5, 0.6) is 0 Å². The second kappa shape index (κ2) is 13.2. The Bertz CT molecular complexity index is 578. The maximum absolute atomic E-state index is 12.1.